The van der Waals surface area contributed by atoms with Crippen LogP contribution in [-0.2, 0) is 9.47 Å². The highest BCUT2D eigenvalue weighted by molar-refractivity contribution is 5.20. The smallest absolute Gasteiger partial charge is 0.293 e. The van der Waals surface area contributed by atoms with Crippen LogP contribution in [0.2, 0.25) is 0 Å². The Bertz CT molecular complexity index is 870. The molecule has 6 N–H and O–H groups in total. The van der Waals surface area contributed by atoms with Crippen LogP contribution in [0.15, 0.2) is 48.8 Å². The number of allylic oxidation sites excluding steroid dienone is 3. The predicted octanol–water partition coefficient (Wildman–Crippen LogP) is 1.82. The number of rotatable bonds is 14. The van der Waals surface area contributed by atoms with Crippen molar-refractivity contribution in [1.82, 2.24) is 15.5 Å². The van der Waals surface area contributed by atoms with Crippen LogP contribution < -0.4 is 10.6 Å². The first-order valence-electron chi connectivity index (χ1n) is 13.8. The van der Waals surface area contributed by atoms with Crippen molar-refractivity contribution in [3.63, 3.8) is 0 Å². The monoisotopic (exact) mass is 557 g/mol. The van der Waals surface area contributed by atoms with Crippen LogP contribution in [-0.4, -0.2) is 94.6 Å². The summed E-state index contributed by atoms with van der Waals surface area (Å²) in [5.41, 5.74) is 0. The number of piperidine rings is 1. The highest BCUT2D eigenvalue weighted by atomic mass is 19.3. The topological polar surface area (TPSA) is 127 Å². The summed E-state index contributed by atoms with van der Waals surface area (Å²) in [6.45, 7) is 8.90. The van der Waals surface area contributed by atoms with Crippen molar-refractivity contribution in [3.8, 4) is 0 Å². The molecule has 1 aliphatic carbocycles. The Hall–Kier alpha value is -1.70. The summed E-state index contributed by atoms with van der Waals surface area (Å²) in [6.07, 6.45) is 6.90. The molecule has 2 aliphatic heterocycles. The van der Waals surface area contributed by atoms with E-state index in [0.29, 0.717) is 38.2 Å². The molecule has 0 aromatic rings. The van der Waals surface area contributed by atoms with Gasteiger partial charge in [-0.25, -0.2) is 8.78 Å². The molecule has 0 aromatic heterocycles. The third kappa shape index (κ3) is 8.64. The van der Waals surface area contributed by atoms with Crippen molar-refractivity contribution in [2.45, 2.75) is 82.5 Å². The number of likely N-dealkylation sites (tertiary alicyclic amines) is 1. The van der Waals surface area contributed by atoms with Gasteiger partial charge in [-0.3, -0.25) is 15.5 Å². The Labute approximate surface area is 229 Å². The van der Waals surface area contributed by atoms with E-state index >= 15 is 0 Å². The van der Waals surface area contributed by atoms with Gasteiger partial charge in [0.25, 0.3) is 5.92 Å². The maximum atomic E-state index is 15.0. The third-order valence-electron chi connectivity index (χ3n) is 7.50. The zero-order valence-corrected chi connectivity index (χ0v) is 22.8. The first kappa shape index (κ1) is 31.8. The summed E-state index contributed by atoms with van der Waals surface area (Å²) in [7, 11) is 0. The number of hydrogen-bond donors (Lipinski definition) is 6. The average Bonchev–Trinajstić information content (AvgIpc) is 3.21. The van der Waals surface area contributed by atoms with Crippen LogP contribution in [0.5, 0.6) is 0 Å². The lowest BCUT2D eigenvalue weighted by Crippen LogP contribution is -2.58. The molecule has 0 bridgehead atoms. The van der Waals surface area contributed by atoms with E-state index in [1.165, 1.54) is 6.08 Å². The Kier molecular flexibility index (Phi) is 12.1. The van der Waals surface area contributed by atoms with Crippen LogP contribution in [0.4, 0.5) is 8.78 Å². The number of alkyl halides is 2. The van der Waals surface area contributed by atoms with Gasteiger partial charge < -0.3 is 29.9 Å². The number of hydrogen-bond acceptors (Lipinski definition) is 9. The van der Waals surface area contributed by atoms with Crippen LogP contribution >= 0.6 is 0 Å². The van der Waals surface area contributed by atoms with E-state index in [2.05, 4.69) is 17.2 Å². The number of aliphatic hydroxyl groups excluding tert-OH is 4. The molecule has 39 heavy (non-hydrogen) atoms. The minimum Gasteiger partial charge on any atom is -0.492 e. The largest absolute Gasteiger partial charge is 0.492 e. The maximum absolute atomic E-state index is 15.0. The molecule has 0 spiro atoms. The molecule has 2 saturated heterocycles. The minimum atomic E-state index is -3.41. The van der Waals surface area contributed by atoms with Gasteiger partial charge in [-0.05, 0) is 57.6 Å². The lowest BCUT2D eigenvalue weighted by Gasteiger charge is -2.39. The van der Waals surface area contributed by atoms with E-state index in [-0.39, 0.29) is 43.6 Å². The highest BCUT2D eigenvalue weighted by Crippen LogP contribution is 2.36. The lowest BCUT2D eigenvalue weighted by molar-refractivity contribution is -0.148. The Balaban J connectivity index is 1.46. The summed E-state index contributed by atoms with van der Waals surface area (Å²) in [4.78, 5) is 1.81. The zero-order chi connectivity index (χ0) is 28.6. The molecule has 0 aromatic carbocycles. The van der Waals surface area contributed by atoms with Crippen LogP contribution in [0.25, 0.3) is 0 Å². The van der Waals surface area contributed by atoms with E-state index in [1.807, 2.05) is 24.8 Å². The van der Waals surface area contributed by atoms with Crippen molar-refractivity contribution in [1.29, 1.82) is 0 Å². The second-order valence-electron chi connectivity index (χ2n) is 10.7. The van der Waals surface area contributed by atoms with E-state index in [9.17, 15) is 29.2 Å². The molecule has 2 fully saturated rings. The second kappa shape index (κ2) is 14.8. The third-order valence-corrected chi connectivity index (χ3v) is 7.50. The molecular formula is C28H45F2N3O6. The van der Waals surface area contributed by atoms with Gasteiger partial charge in [-0.1, -0.05) is 24.3 Å². The summed E-state index contributed by atoms with van der Waals surface area (Å²) in [5, 5.41) is 46.4. The van der Waals surface area contributed by atoms with Gasteiger partial charge in [0, 0.05) is 19.0 Å². The molecule has 2 heterocycles. The fourth-order valence-corrected chi connectivity index (χ4v) is 5.30. The van der Waals surface area contributed by atoms with Crippen molar-refractivity contribution in [3.05, 3.63) is 48.8 Å². The molecule has 11 heteroatoms. The molecule has 222 valence electrons. The van der Waals surface area contributed by atoms with Crippen LogP contribution in [0.3, 0.4) is 0 Å². The number of nitrogens with one attached hydrogen (secondary N) is 2. The minimum absolute atomic E-state index is 0.0577. The van der Waals surface area contributed by atoms with Crippen molar-refractivity contribution < 1.29 is 38.7 Å². The first-order chi connectivity index (χ1) is 18.5. The number of halogens is 2. The van der Waals surface area contributed by atoms with Gasteiger partial charge in [-0.15, -0.1) is 6.58 Å². The molecule has 0 amide bonds. The van der Waals surface area contributed by atoms with Crippen LogP contribution in [0.1, 0.15) is 39.5 Å². The van der Waals surface area contributed by atoms with E-state index in [1.54, 1.807) is 24.3 Å². The van der Waals surface area contributed by atoms with Gasteiger partial charge in [0.2, 0.25) is 0 Å². The van der Waals surface area contributed by atoms with E-state index < -0.39 is 36.8 Å². The fraction of sp³-hybridized carbons (Fsp3) is 0.714. The maximum Gasteiger partial charge on any atom is 0.293 e. The van der Waals surface area contributed by atoms with Crippen molar-refractivity contribution in [2.75, 3.05) is 26.3 Å². The number of nitrogens with zero attached hydrogens (tertiary/aromatic N) is 1. The lowest BCUT2D eigenvalue weighted by atomic mass is 9.92. The summed E-state index contributed by atoms with van der Waals surface area (Å²) in [5.74, 6) is -4.62. The van der Waals surface area contributed by atoms with Crippen LogP contribution in [0, 0.1) is 17.8 Å². The van der Waals surface area contributed by atoms with Gasteiger partial charge >= 0.3 is 0 Å². The molecule has 0 radical (unpaired) electrons. The van der Waals surface area contributed by atoms with E-state index in [4.69, 9.17) is 9.47 Å². The fourth-order valence-electron chi connectivity index (χ4n) is 5.30. The average molecular weight is 558 g/mol. The van der Waals surface area contributed by atoms with Gasteiger partial charge in [0.1, 0.15) is 31.0 Å². The standard InChI is InChI=1S/C28H45F2N3O6/c1-4-19-17-33(23-11-12-24(34)32-25(23)35)26(36)22(19)10-5-6-13-31-27(37)28(29,30)20-8-7-9-21(16-20)39-15-14-38-18(2)3/h4-5,7,9-10,16,18-20,22-27,31-32,34-37H,1,6,8,11-15,17H2,2-3H3/b10-5-/t19?,20-,22+,23?,24+,25-,26+,27?/m1/s1. The quantitative estimate of drug-likeness (QED) is 0.108. The zero-order valence-electron chi connectivity index (χ0n) is 22.8. The normalized spacial score (nSPS) is 33.1. The molecule has 3 unspecified atom stereocenters. The van der Waals surface area contributed by atoms with E-state index in [0.717, 1.165) is 0 Å². The Morgan fingerprint density at radius 3 is 2.72 bits per heavy atom. The molecular weight excluding hydrogens is 512 g/mol. The van der Waals surface area contributed by atoms with Crippen molar-refractivity contribution in [2.24, 2.45) is 17.8 Å². The molecule has 3 rings (SSSR count). The first-order valence-corrected chi connectivity index (χ1v) is 13.8. The van der Waals surface area contributed by atoms with Gasteiger partial charge in [-0.2, -0.15) is 0 Å². The number of ether oxygens (including phenoxy) is 2. The molecule has 8 atom stereocenters. The summed E-state index contributed by atoms with van der Waals surface area (Å²) >= 11 is 0. The Morgan fingerprint density at radius 1 is 1.26 bits per heavy atom. The SMILES string of the molecule is C=CC1CN(C2CC[C@H](O)N[C@@H]2O)[C@@H](O)[C@H]1/C=C\CCNC(O)C(F)(F)[C@H]1C=C(OCCOC(C)C)C=CC1. The Morgan fingerprint density at radius 2 is 2.03 bits per heavy atom. The predicted molar refractivity (Wildman–Crippen MR) is 143 cm³/mol. The molecule has 9 nitrogen and oxygen atoms in total. The summed E-state index contributed by atoms with van der Waals surface area (Å²) in [6, 6.07) is -0.341. The number of aliphatic hydroxyl groups is 4. The highest BCUT2D eigenvalue weighted by Gasteiger charge is 2.46. The van der Waals surface area contributed by atoms with Gasteiger partial charge in [0.05, 0.1) is 24.7 Å². The molecule has 0 saturated carbocycles. The second-order valence-corrected chi connectivity index (χ2v) is 10.7. The summed E-state index contributed by atoms with van der Waals surface area (Å²) < 4.78 is 40.9. The van der Waals surface area contributed by atoms with Gasteiger partial charge in [0.15, 0.2) is 6.23 Å². The van der Waals surface area contributed by atoms with Crippen molar-refractivity contribution >= 4 is 0 Å². The molecule has 3 aliphatic rings.